The Balaban J connectivity index is 1.13. The molecule has 2 aliphatic rings. The number of hydrogen-bond acceptors (Lipinski definition) is 10. The maximum atomic E-state index is 13.2. The monoisotopic (exact) mass is 1290 g/mol. The molecular formula is C84H102N4O8. The van der Waals surface area contributed by atoms with Crippen molar-refractivity contribution >= 4 is 70.2 Å². The molecule has 5 heterocycles. The van der Waals surface area contributed by atoms with Crippen molar-refractivity contribution in [2.45, 2.75) is 233 Å². The summed E-state index contributed by atoms with van der Waals surface area (Å²) < 4.78 is 23.7. The molecule has 0 fully saturated rings. The van der Waals surface area contributed by atoms with E-state index in [2.05, 4.69) is 61.9 Å². The summed E-state index contributed by atoms with van der Waals surface area (Å²) in [6.07, 6.45) is 40.8. The molecule has 2 N–H and O–H groups in total. The highest BCUT2D eigenvalue weighted by molar-refractivity contribution is 6.00. The molecule has 8 bridgehead atoms. The van der Waals surface area contributed by atoms with Gasteiger partial charge in [0, 0.05) is 70.0 Å². The average Bonchev–Trinajstić information content (AvgIpc) is 1.61. The molecule has 0 radical (unpaired) electrons. The Morgan fingerprint density at radius 2 is 0.448 bits per heavy atom. The third-order valence-electron chi connectivity index (χ3n) is 18.2. The van der Waals surface area contributed by atoms with Crippen molar-refractivity contribution in [3.63, 3.8) is 0 Å². The zero-order chi connectivity index (χ0) is 67.1. The van der Waals surface area contributed by atoms with Crippen LogP contribution in [0.4, 0.5) is 0 Å². The van der Waals surface area contributed by atoms with Gasteiger partial charge in [-0.05, 0) is 145 Å². The van der Waals surface area contributed by atoms with Crippen LogP contribution in [0.2, 0.25) is 0 Å². The Hall–Kier alpha value is -8.64. The Morgan fingerprint density at radius 1 is 0.260 bits per heavy atom. The van der Waals surface area contributed by atoms with Gasteiger partial charge in [-0.25, -0.2) is 9.97 Å². The molecule has 0 atom stereocenters. The third-order valence-corrected chi connectivity index (χ3v) is 18.2. The predicted octanol–water partition coefficient (Wildman–Crippen LogP) is 23.5. The van der Waals surface area contributed by atoms with Crippen molar-refractivity contribution in [3.8, 4) is 67.5 Å². The van der Waals surface area contributed by atoms with E-state index in [-0.39, 0.29) is 23.9 Å². The molecule has 0 saturated carbocycles. The fourth-order valence-electron chi connectivity index (χ4n) is 12.8. The number of carbonyl (C=O) groups excluding carboxylic acids is 4. The molecular weight excluding hydrogens is 1190 g/mol. The van der Waals surface area contributed by atoms with Gasteiger partial charge >= 0.3 is 23.9 Å². The minimum Gasteiger partial charge on any atom is -0.427 e. The Kier molecular flexibility index (Phi) is 29.0. The lowest BCUT2D eigenvalue weighted by Crippen LogP contribution is -2.07. The lowest BCUT2D eigenvalue weighted by molar-refractivity contribution is -0.135. The molecule has 3 aromatic heterocycles. The molecule has 96 heavy (non-hydrogen) atoms. The molecule has 12 heteroatoms. The molecule has 0 saturated heterocycles. The number of unbranched alkanes of at least 4 members (excludes halogenated alkanes) is 24. The van der Waals surface area contributed by atoms with Crippen molar-refractivity contribution in [1.29, 1.82) is 0 Å². The summed E-state index contributed by atoms with van der Waals surface area (Å²) in [5.74, 6) is 0.911. The number of esters is 4. The average molecular weight is 1300 g/mol. The van der Waals surface area contributed by atoms with Gasteiger partial charge < -0.3 is 28.9 Å². The fourth-order valence-corrected chi connectivity index (χ4v) is 12.8. The van der Waals surface area contributed by atoms with Crippen LogP contribution in [0.5, 0.6) is 23.0 Å². The predicted molar refractivity (Wildman–Crippen MR) is 394 cm³/mol. The van der Waals surface area contributed by atoms with Crippen LogP contribution in [0, 0.1) is 0 Å². The molecule has 506 valence electrons. The van der Waals surface area contributed by atoms with E-state index in [1.807, 2.05) is 121 Å². The van der Waals surface area contributed by atoms with Crippen LogP contribution in [0.3, 0.4) is 0 Å². The molecule has 0 aliphatic carbocycles. The lowest BCUT2D eigenvalue weighted by atomic mass is 10.0. The van der Waals surface area contributed by atoms with Gasteiger partial charge in [0.2, 0.25) is 0 Å². The largest absolute Gasteiger partial charge is 0.427 e. The first-order chi connectivity index (χ1) is 47.1. The van der Waals surface area contributed by atoms with E-state index in [0.717, 1.165) is 144 Å². The zero-order valence-corrected chi connectivity index (χ0v) is 57.6. The number of aromatic amines is 2. The van der Waals surface area contributed by atoms with E-state index in [1.54, 1.807) is 0 Å². The summed E-state index contributed by atoms with van der Waals surface area (Å²) >= 11 is 0. The van der Waals surface area contributed by atoms with Gasteiger partial charge in [0.1, 0.15) is 23.0 Å². The molecule has 0 amide bonds. The Bertz CT molecular complexity index is 3360. The normalized spacial score (nSPS) is 11.7. The van der Waals surface area contributed by atoms with Crippen molar-refractivity contribution in [2.24, 2.45) is 0 Å². The lowest BCUT2D eigenvalue weighted by Gasteiger charge is -2.09. The molecule has 12 nitrogen and oxygen atoms in total. The number of ether oxygens (including phenoxy) is 4. The highest BCUT2D eigenvalue weighted by atomic mass is 16.5. The van der Waals surface area contributed by atoms with Gasteiger partial charge in [-0.3, -0.25) is 19.2 Å². The van der Waals surface area contributed by atoms with Crippen molar-refractivity contribution in [3.05, 3.63) is 144 Å². The molecule has 0 spiro atoms. The van der Waals surface area contributed by atoms with Gasteiger partial charge in [0.25, 0.3) is 0 Å². The van der Waals surface area contributed by atoms with Gasteiger partial charge in [0.15, 0.2) is 0 Å². The summed E-state index contributed by atoms with van der Waals surface area (Å²) in [6.45, 7) is 8.87. The number of benzene rings is 4. The van der Waals surface area contributed by atoms with E-state index in [4.69, 9.17) is 28.9 Å². The first-order valence-corrected chi connectivity index (χ1v) is 36.5. The summed E-state index contributed by atoms with van der Waals surface area (Å²) in [4.78, 5) is 71.4. The molecule has 2 aliphatic heterocycles. The topological polar surface area (TPSA) is 163 Å². The van der Waals surface area contributed by atoms with Crippen molar-refractivity contribution in [2.75, 3.05) is 0 Å². The van der Waals surface area contributed by atoms with Gasteiger partial charge in [-0.1, -0.05) is 230 Å². The SMILES string of the molecule is CCCCCCCCCC(=O)Oc1ccc(-c2c3nc(c(-c4ccc(OC(=O)CCCCCCCCC)cc4)c4ccc([nH]4)c(-c4ccc(OC(=O)CCCCCCCCC)cc4)c4nc(c(-c5ccc(OC(=O)CCCCCCCCC)cc5)c5ccc2[nH]5)C=C4)C=C3)cc1. The maximum Gasteiger partial charge on any atom is 0.311 e. The van der Waals surface area contributed by atoms with Crippen LogP contribution in [0.25, 0.3) is 90.9 Å². The van der Waals surface area contributed by atoms with Crippen LogP contribution in [0.1, 0.15) is 256 Å². The van der Waals surface area contributed by atoms with E-state index < -0.39 is 0 Å². The van der Waals surface area contributed by atoms with Crippen LogP contribution in [-0.4, -0.2) is 43.8 Å². The van der Waals surface area contributed by atoms with Crippen molar-refractivity contribution < 1.29 is 38.1 Å². The van der Waals surface area contributed by atoms with Gasteiger partial charge in [0.05, 0.1) is 22.8 Å². The van der Waals surface area contributed by atoms with Crippen LogP contribution >= 0.6 is 0 Å². The van der Waals surface area contributed by atoms with Crippen LogP contribution < -0.4 is 18.9 Å². The maximum absolute atomic E-state index is 13.2. The molecule has 4 aromatic carbocycles. The zero-order valence-electron chi connectivity index (χ0n) is 57.6. The highest BCUT2D eigenvalue weighted by Gasteiger charge is 2.21. The Morgan fingerprint density at radius 3 is 0.646 bits per heavy atom. The second kappa shape index (κ2) is 38.8. The number of nitrogens with zero attached hydrogens (tertiary/aromatic N) is 2. The van der Waals surface area contributed by atoms with Crippen LogP contribution in [0.15, 0.2) is 121 Å². The van der Waals surface area contributed by atoms with Gasteiger partial charge in [-0.15, -0.1) is 0 Å². The number of fused-ring (bicyclic) bond motifs is 8. The highest BCUT2D eigenvalue weighted by Crippen LogP contribution is 2.40. The number of rotatable bonds is 40. The first kappa shape index (κ1) is 71.6. The minimum absolute atomic E-state index is 0.244. The third kappa shape index (κ3) is 21.7. The quantitative estimate of drug-likeness (QED) is 0.0215. The Labute approximate surface area is 570 Å². The first-order valence-electron chi connectivity index (χ1n) is 36.5. The van der Waals surface area contributed by atoms with E-state index in [9.17, 15) is 19.2 Å². The number of aromatic nitrogens is 4. The minimum atomic E-state index is -0.244. The van der Waals surface area contributed by atoms with E-state index in [1.165, 1.54) is 103 Å². The number of carbonyl (C=O) groups is 4. The second-order valence-electron chi connectivity index (χ2n) is 26.0. The van der Waals surface area contributed by atoms with Crippen molar-refractivity contribution in [1.82, 2.24) is 19.9 Å². The van der Waals surface area contributed by atoms with Crippen LogP contribution in [-0.2, 0) is 19.2 Å². The standard InChI is InChI=1S/C84H102N4O8/c1-5-9-13-17-21-25-29-33-77(89)93-65-45-37-61(38-46-65)81-69-53-55-71(85-69)82(62-39-47-66(48-40-62)94-78(90)34-30-26-22-18-14-10-6-2)73-57-59-75(87-73)84(64-43-51-68(52-44-64)96-80(92)36-32-28-24-20-16-12-8-4)76-60-58-74(88-76)83(72-56-54-70(81)86-72)63-41-49-67(50-42-63)95-79(91)35-31-27-23-19-15-11-7-3/h37-60,85,88H,5-36H2,1-4H3. The number of nitrogens with one attached hydrogen (secondary N) is 2. The summed E-state index contributed by atoms with van der Waals surface area (Å²) in [5.41, 5.74) is 12.6. The fraction of sp³-hybridized carbons (Fsp3) is 0.429. The van der Waals surface area contributed by atoms with E-state index in [0.29, 0.717) is 71.5 Å². The summed E-state index contributed by atoms with van der Waals surface area (Å²) in [5, 5.41) is 0. The van der Waals surface area contributed by atoms with E-state index >= 15 is 0 Å². The molecule has 7 aromatic rings. The number of hydrogen-bond donors (Lipinski definition) is 2. The number of H-pyrrole nitrogens is 2. The summed E-state index contributed by atoms with van der Waals surface area (Å²) in [7, 11) is 0. The molecule has 9 rings (SSSR count). The molecule has 0 unspecified atom stereocenters. The smallest absolute Gasteiger partial charge is 0.311 e. The summed E-state index contributed by atoms with van der Waals surface area (Å²) in [6, 6.07) is 38.8. The van der Waals surface area contributed by atoms with Gasteiger partial charge in [-0.2, -0.15) is 0 Å². The second-order valence-corrected chi connectivity index (χ2v) is 26.0.